The quantitative estimate of drug-likeness (QED) is 0.712. The molecule has 1 N–H and O–H groups in total. The van der Waals surface area contributed by atoms with Crippen LogP contribution in [-0.2, 0) is 16.1 Å². The molecule has 5 heteroatoms. The van der Waals surface area contributed by atoms with E-state index in [0.717, 1.165) is 11.5 Å². The first-order chi connectivity index (χ1) is 7.72. The Morgan fingerprint density at radius 2 is 2.06 bits per heavy atom. The van der Waals surface area contributed by atoms with Gasteiger partial charge in [-0.25, -0.2) is 4.98 Å². The van der Waals surface area contributed by atoms with E-state index in [-0.39, 0.29) is 6.10 Å². The summed E-state index contributed by atoms with van der Waals surface area (Å²) in [5, 5.41) is 2.91. The molecule has 0 aromatic carbocycles. The number of ether oxygens (including phenoxy) is 2. The van der Waals surface area contributed by atoms with Crippen LogP contribution in [0.25, 0.3) is 0 Å². The molecule has 0 unspecified atom stereocenters. The molecule has 1 aromatic heterocycles. The molecule has 1 heterocycles. The van der Waals surface area contributed by atoms with Crippen LogP contribution in [0.15, 0.2) is 12.4 Å². The Bertz CT molecular complexity index is 288. The number of nitrogens with zero attached hydrogens (tertiary/aromatic N) is 2. The van der Waals surface area contributed by atoms with E-state index in [9.17, 15) is 0 Å². The summed E-state index contributed by atoms with van der Waals surface area (Å²) in [4.78, 5) is 8.33. The predicted molar refractivity (Wildman–Crippen MR) is 62.3 cm³/mol. The molecule has 1 rings (SSSR count). The predicted octanol–water partition coefficient (Wildman–Crippen LogP) is 1.46. The zero-order valence-electron chi connectivity index (χ0n) is 10.1. The fourth-order valence-electron chi connectivity index (χ4n) is 1.08. The summed E-state index contributed by atoms with van der Waals surface area (Å²) >= 11 is 0. The van der Waals surface area contributed by atoms with E-state index >= 15 is 0 Å². The summed E-state index contributed by atoms with van der Waals surface area (Å²) < 4.78 is 10.7. The maximum absolute atomic E-state index is 5.40. The highest BCUT2D eigenvalue weighted by molar-refractivity contribution is 5.29. The molecule has 5 nitrogen and oxygen atoms in total. The molecule has 0 atom stereocenters. The fraction of sp³-hybridized carbons (Fsp3) is 0.636. The SMILES string of the molecule is CNc1cnc(COCCOC(C)C)cn1. The van der Waals surface area contributed by atoms with Gasteiger partial charge in [0.25, 0.3) is 0 Å². The molecule has 90 valence electrons. The van der Waals surface area contributed by atoms with Crippen molar-refractivity contribution in [2.24, 2.45) is 0 Å². The number of anilines is 1. The Morgan fingerprint density at radius 1 is 1.25 bits per heavy atom. The van der Waals surface area contributed by atoms with Gasteiger partial charge in [0.1, 0.15) is 5.82 Å². The molecule has 0 radical (unpaired) electrons. The van der Waals surface area contributed by atoms with Gasteiger partial charge in [0.05, 0.1) is 44.0 Å². The third-order valence-electron chi connectivity index (χ3n) is 1.89. The van der Waals surface area contributed by atoms with Crippen LogP contribution in [0.2, 0.25) is 0 Å². The lowest BCUT2D eigenvalue weighted by Crippen LogP contribution is -2.10. The maximum atomic E-state index is 5.40. The minimum Gasteiger partial charge on any atom is -0.376 e. The van der Waals surface area contributed by atoms with E-state index in [2.05, 4.69) is 15.3 Å². The first kappa shape index (κ1) is 12.9. The second-order valence-corrected chi connectivity index (χ2v) is 3.62. The zero-order valence-corrected chi connectivity index (χ0v) is 10.1. The molecule has 0 amide bonds. The van der Waals surface area contributed by atoms with Crippen molar-refractivity contribution >= 4 is 5.82 Å². The van der Waals surface area contributed by atoms with Crippen LogP contribution in [0, 0.1) is 0 Å². The maximum Gasteiger partial charge on any atom is 0.144 e. The van der Waals surface area contributed by atoms with Crippen LogP contribution >= 0.6 is 0 Å². The van der Waals surface area contributed by atoms with Gasteiger partial charge in [-0.05, 0) is 13.8 Å². The van der Waals surface area contributed by atoms with Crippen molar-refractivity contribution < 1.29 is 9.47 Å². The molecule has 0 fully saturated rings. The van der Waals surface area contributed by atoms with Gasteiger partial charge in [0.2, 0.25) is 0 Å². The molecule has 0 saturated carbocycles. The first-order valence-corrected chi connectivity index (χ1v) is 5.40. The Morgan fingerprint density at radius 3 is 2.62 bits per heavy atom. The smallest absolute Gasteiger partial charge is 0.144 e. The Labute approximate surface area is 96.2 Å². The monoisotopic (exact) mass is 225 g/mol. The number of hydrogen-bond donors (Lipinski definition) is 1. The molecule has 0 bridgehead atoms. The topological polar surface area (TPSA) is 56.3 Å². The van der Waals surface area contributed by atoms with Crippen molar-refractivity contribution in [2.45, 2.75) is 26.6 Å². The van der Waals surface area contributed by atoms with Crippen LogP contribution in [0.5, 0.6) is 0 Å². The van der Waals surface area contributed by atoms with Crippen LogP contribution < -0.4 is 5.32 Å². The molecular formula is C11H19N3O2. The van der Waals surface area contributed by atoms with E-state index in [1.54, 1.807) is 12.4 Å². The summed E-state index contributed by atoms with van der Waals surface area (Å²) in [6.45, 7) is 5.66. The van der Waals surface area contributed by atoms with E-state index in [1.807, 2.05) is 20.9 Å². The zero-order chi connectivity index (χ0) is 11.8. The van der Waals surface area contributed by atoms with E-state index < -0.39 is 0 Å². The van der Waals surface area contributed by atoms with E-state index in [1.165, 1.54) is 0 Å². The average Bonchev–Trinajstić information content (AvgIpc) is 2.29. The largest absolute Gasteiger partial charge is 0.376 e. The molecule has 0 saturated heterocycles. The molecule has 16 heavy (non-hydrogen) atoms. The van der Waals surface area contributed by atoms with Crippen molar-refractivity contribution in [3.05, 3.63) is 18.1 Å². The molecule has 0 spiro atoms. The minimum absolute atomic E-state index is 0.248. The first-order valence-electron chi connectivity index (χ1n) is 5.40. The van der Waals surface area contributed by atoms with Crippen LogP contribution in [0.4, 0.5) is 5.82 Å². The molecule has 1 aromatic rings. The highest BCUT2D eigenvalue weighted by atomic mass is 16.5. The van der Waals surface area contributed by atoms with Gasteiger partial charge >= 0.3 is 0 Å². The molecule has 0 aliphatic rings. The van der Waals surface area contributed by atoms with Gasteiger partial charge < -0.3 is 14.8 Å². The van der Waals surface area contributed by atoms with Crippen molar-refractivity contribution in [2.75, 3.05) is 25.6 Å². The van der Waals surface area contributed by atoms with Gasteiger partial charge in [-0.2, -0.15) is 0 Å². The second kappa shape index (κ2) is 7.14. The average molecular weight is 225 g/mol. The highest BCUT2D eigenvalue weighted by Crippen LogP contribution is 2.00. The van der Waals surface area contributed by atoms with Gasteiger partial charge in [0, 0.05) is 7.05 Å². The Balaban J connectivity index is 2.16. The molecule has 0 aliphatic heterocycles. The van der Waals surface area contributed by atoms with E-state index in [4.69, 9.17) is 9.47 Å². The van der Waals surface area contributed by atoms with Crippen molar-refractivity contribution in [3.63, 3.8) is 0 Å². The number of rotatable bonds is 7. The Hall–Kier alpha value is -1.20. The summed E-state index contributed by atoms with van der Waals surface area (Å²) in [7, 11) is 1.81. The van der Waals surface area contributed by atoms with Crippen LogP contribution in [0.3, 0.4) is 0 Å². The lowest BCUT2D eigenvalue weighted by Gasteiger charge is -2.07. The summed E-state index contributed by atoms with van der Waals surface area (Å²) in [6.07, 6.45) is 3.64. The van der Waals surface area contributed by atoms with Crippen LogP contribution in [0.1, 0.15) is 19.5 Å². The fourth-order valence-corrected chi connectivity index (χ4v) is 1.08. The van der Waals surface area contributed by atoms with Crippen molar-refractivity contribution in [1.82, 2.24) is 9.97 Å². The highest BCUT2D eigenvalue weighted by Gasteiger charge is 1.97. The van der Waals surface area contributed by atoms with Crippen molar-refractivity contribution in [3.8, 4) is 0 Å². The summed E-state index contributed by atoms with van der Waals surface area (Å²) in [5.74, 6) is 0.756. The number of nitrogens with one attached hydrogen (secondary N) is 1. The summed E-state index contributed by atoms with van der Waals surface area (Å²) in [6, 6.07) is 0. The standard InChI is InChI=1S/C11H19N3O2/c1-9(2)16-5-4-15-8-10-6-14-11(12-3)7-13-10/h6-7,9H,4-5,8H2,1-3H3,(H,12,14). The minimum atomic E-state index is 0.248. The lowest BCUT2D eigenvalue weighted by atomic mass is 10.5. The normalized spacial score (nSPS) is 10.8. The number of hydrogen-bond acceptors (Lipinski definition) is 5. The Kier molecular flexibility index (Phi) is 5.74. The van der Waals surface area contributed by atoms with Gasteiger partial charge in [-0.1, -0.05) is 0 Å². The van der Waals surface area contributed by atoms with Gasteiger partial charge in [0.15, 0.2) is 0 Å². The third-order valence-corrected chi connectivity index (χ3v) is 1.89. The lowest BCUT2D eigenvalue weighted by molar-refractivity contribution is 0.0135. The van der Waals surface area contributed by atoms with Gasteiger partial charge in [-0.15, -0.1) is 0 Å². The molecule has 0 aliphatic carbocycles. The van der Waals surface area contributed by atoms with Crippen LogP contribution in [-0.4, -0.2) is 36.3 Å². The third kappa shape index (κ3) is 5.04. The van der Waals surface area contributed by atoms with Gasteiger partial charge in [-0.3, -0.25) is 4.98 Å². The number of aromatic nitrogens is 2. The summed E-state index contributed by atoms with van der Waals surface area (Å²) in [5.41, 5.74) is 0.823. The van der Waals surface area contributed by atoms with E-state index in [0.29, 0.717) is 19.8 Å². The second-order valence-electron chi connectivity index (χ2n) is 3.62. The van der Waals surface area contributed by atoms with Crippen molar-refractivity contribution in [1.29, 1.82) is 0 Å². The molecular weight excluding hydrogens is 206 g/mol.